The number of nitrogens with one attached hydrogen (secondary N) is 1. The molecule has 0 saturated carbocycles. The number of para-hydroxylation sites is 2. The highest BCUT2D eigenvalue weighted by atomic mass is 16.5. The number of nitrogens with zero attached hydrogens (tertiary/aromatic N) is 2. The van der Waals surface area contributed by atoms with Crippen LogP contribution in [0.1, 0.15) is 62.4 Å². The minimum atomic E-state index is 0.108. The zero-order valence-corrected chi connectivity index (χ0v) is 22.2. The SMILES string of the molecule is CC(C)c1ccc(OCCCCn2c(CCCNC(=O)CCc3ccccc3)nc3ccccc32)cc1. The lowest BCUT2D eigenvalue weighted by Crippen LogP contribution is -2.25. The summed E-state index contributed by atoms with van der Waals surface area (Å²) in [5, 5.41) is 3.07. The lowest BCUT2D eigenvalue weighted by atomic mass is 10.0. The fourth-order valence-electron chi connectivity index (χ4n) is 4.54. The molecule has 0 unspecified atom stereocenters. The largest absolute Gasteiger partial charge is 0.494 e. The summed E-state index contributed by atoms with van der Waals surface area (Å²) < 4.78 is 8.30. The summed E-state index contributed by atoms with van der Waals surface area (Å²) in [7, 11) is 0. The van der Waals surface area contributed by atoms with Crippen molar-refractivity contribution in [1.29, 1.82) is 0 Å². The van der Waals surface area contributed by atoms with Crippen LogP contribution in [-0.2, 0) is 24.2 Å². The quantitative estimate of drug-likeness (QED) is 0.197. The second kappa shape index (κ2) is 13.6. The average molecular weight is 498 g/mol. The highest BCUT2D eigenvalue weighted by Crippen LogP contribution is 2.20. The summed E-state index contributed by atoms with van der Waals surface area (Å²) >= 11 is 0. The van der Waals surface area contributed by atoms with E-state index in [1.165, 1.54) is 16.6 Å². The van der Waals surface area contributed by atoms with Crippen LogP contribution in [0.5, 0.6) is 5.75 Å². The van der Waals surface area contributed by atoms with E-state index in [1.54, 1.807) is 0 Å². The van der Waals surface area contributed by atoms with E-state index in [1.807, 2.05) is 24.3 Å². The Morgan fingerprint density at radius 3 is 2.43 bits per heavy atom. The number of fused-ring (bicyclic) bond motifs is 1. The molecule has 0 saturated heterocycles. The smallest absolute Gasteiger partial charge is 0.220 e. The molecule has 1 N–H and O–H groups in total. The highest BCUT2D eigenvalue weighted by Gasteiger charge is 2.11. The summed E-state index contributed by atoms with van der Waals surface area (Å²) in [6.45, 7) is 6.69. The Hall–Kier alpha value is -3.60. The first kappa shape index (κ1) is 26.5. The van der Waals surface area contributed by atoms with E-state index in [0.29, 0.717) is 25.5 Å². The summed E-state index contributed by atoms with van der Waals surface area (Å²) in [4.78, 5) is 17.1. The third-order valence-electron chi connectivity index (χ3n) is 6.71. The summed E-state index contributed by atoms with van der Waals surface area (Å²) in [5.41, 5.74) is 4.74. The Balaban J connectivity index is 1.22. The van der Waals surface area contributed by atoms with Crippen LogP contribution < -0.4 is 10.1 Å². The number of carbonyl (C=O) groups excluding carboxylic acids is 1. The summed E-state index contributed by atoms with van der Waals surface area (Å²) in [6, 6.07) is 26.9. The second-order valence-electron chi connectivity index (χ2n) is 9.89. The van der Waals surface area contributed by atoms with Crippen molar-refractivity contribution in [1.82, 2.24) is 14.9 Å². The van der Waals surface area contributed by atoms with E-state index >= 15 is 0 Å². The van der Waals surface area contributed by atoms with Gasteiger partial charge in [-0.05, 0) is 67.0 Å². The van der Waals surface area contributed by atoms with Gasteiger partial charge in [0, 0.05) is 25.9 Å². The van der Waals surface area contributed by atoms with Gasteiger partial charge < -0.3 is 14.6 Å². The monoisotopic (exact) mass is 497 g/mol. The minimum Gasteiger partial charge on any atom is -0.494 e. The fourth-order valence-corrected chi connectivity index (χ4v) is 4.54. The first-order valence-electron chi connectivity index (χ1n) is 13.6. The van der Waals surface area contributed by atoms with E-state index in [4.69, 9.17) is 9.72 Å². The van der Waals surface area contributed by atoms with Gasteiger partial charge in [-0.1, -0.05) is 68.4 Å². The first-order chi connectivity index (χ1) is 18.1. The molecule has 4 aromatic rings. The lowest BCUT2D eigenvalue weighted by Gasteiger charge is -2.11. The Morgan fingerprint density at radius 1 is 0.892 bits per heavy atom. The van der Waals surface area contributed by atoms with Gasteiger partial charge in [0.15, 0.2) is 0 Å². The molecule has 37 heavy (non-hydrogen) atoms. The predicted molar refractivity (Wildman–Crippen MR) is 151 cm³/mol. The Labute approximate surface area is 220 Å². The normalized spacial score (nSPS) is 11.2. The molecule has 1 heterocycles. The van der Waals surface area contributed by atoms with Gasteiger partial charge in [0.05, 0.1) is 17.6 Å². The van der Waals surface area contributed by atoms with Crippen molar-refractivity contribution < 1.29 is 9.53 Å². The topological polar surface area (TPSA) is 56.1 Å². The van der Waals surface area contributed by atoms with Gasteiger partial charge in [0.1, 0.15) is 11.6 Å². The molecule has 3 aromatic carbocycles. The van der Waals surface area contributed by atoms with Gasteiger partial charge in [0.25, 0.3) is 0 Å². The molecular formula is C32H39N3O2. The van der Waals surface area contributed by atoms with Crippen LogP contribution >= 0.6 is 0 Å². The molecule has 1 amide bonds. The van der Waals surface area contributed by atoms with Gasteiger partial charge in [-0.15, -0.1) is 0 Å². The highest BCUT2D eigenvalue weighted by molar-refractivity contribution is 5.76. The van der Waals surface area contributed by atoms with Crippen LogP contribution in [0.2, 0.25) is 0 Å². The zero-order chi connectivity index (χ0) is 25.9. The number of unbranched alkanes of at least 4 members (excludes halogenated alkanes) is 1. The van der Waals surface area contributed by atoms with E-state index in [9.17, 15) is 4.79 Å². The Bertz CT molecular complexity index is 1250. The Morgan fingerprint density at radius 2 is 1.65 bits per heavy atom. The number of aromatic nitrogens is 2. The molecule has 0 aliphatic rings. The van der Waals surface area contributed by atoms with Gasteiger partial charge in [-0.2, -0.15) is 0 Å². The molecule has 0 aliphatic heterocycles. The lowest BCUT2D eigenvalue weighted by molar-refractivity contribution is -0.121. The number of aryl methyl sites for hydroxylation is 3. The standard InChI is InChI=1S/C32H39N3O2/c1-25(2)27-17-19-28(20-18-27)37-24-9-8-23-35-30-14-7-6-13-29(30)34-31(35)15-10-22-33-32(36)21-16-26-11-4-3-5-12-26/h3-7,11-14,17-20,25H,8-10,15-16,21-24H2,1-2H3,(H,33,36). The van der Waals surface area contributed by atoms with Crippen LogP contribution in [0.4, 0.5) is 0 Å². The van der Waals surface area contributed by atoms with Gasteiger partial charge in [-0.3, -0.25) is 4.79 Å². The maximum atomic E-state index is 12.2. The zero-order valence-electron chi connectivity index (χ0n) is 22.2. The molecule has 0 aliphatic carbocycles. The number of ether oxygens (including phenoxy) is 1. The van der Waals surface area contributed by atoms with Gasteiger partial charge >= 0.3 is 0 Å². The number of rotatable bonds is 14. The summed E-state index contributed by atoms with van der Waals surface area (Å²) in [5.74, 6) is 2.66. The molecule has 0 bridgehead atoms. The van der Waals surface area contributed by atoms with Crippen molar-refractivity contribution >= 4 is 16.9 Å². The molecule has 5 heteroatoms. The minimum absolute atomic E-state index is 0.108. The fraction of sp³-hybridized carbons (Fsp3) is 0.375. The van der Waals surface area contributed by atoms with Crippen LogP contribution in [-0.4, -0.2) is 28.6 Å². The number of hydrogen-bond donors (Lipinski definition) is 1. The number of carbonyl (C=O) groups is 1. The number of benzene rings is 3. The van der Waals surface area contributed by atoms with Crippen LogP contribution in [0.15, 0.2) is 78.9 Å². The molecular weight excluding hydrogens is 458 g/mol. The van der Waals surface area contributed by atoms with E-state index < -0.39 is 0 Å². The number of imidazole rings is 1. The molecule has 0 atom stereocenters. The maximum Gasteiger partial charge on any atom is 0.220 e. The van der Waals surface area contributed by atoms with E-state index in [-0.39, 0.29) is 5.91 Å². The van der Waals surface area contributed by atoms with Crippen LogP contribution in [0, 0.1) is 0 Å². The van der Waals surface area contributed by atoms with Gasteiger partial charge in [0.2, 0.25) is 5.91 Å². The molecule has 0 fully saturated rings. The number of hydrogen-bond acceptors (Lipinski definition) is 3. The third-order valence-corrected chi connectivity index (χ3v) is 6.71. The Kier molecular flexibility index (Phi) is 9.75. The predicted octanol–water partition coefficient (Wildman–Crippen LogP) is 6.70. The van der Waals surface area contributed by atoms with Crippen molar-refractivity contribution in [2.45, 2.75) is 64.8 Å². The molecule has 4 rings (SSSR count). The third kappa shape index (κ3) is 7.94. The average Bonchev–Trinajstić information content (AvgIpc) is 3.28. The van der Waals surface area contributed by atoms with Crippen molar-refractivity contribution in [3.8, 4) is 5.75 Å². The molecule has 0 spiro atoms. The molecule has 5 nitrogen and oxygen atoms in total. The second-order valence-corrected chi connectivity index (χ2v) is 9.89. The molecule has 0 radical (unpaired) electrons. The van der Waals surface area contributed by atoms with Crippen molar-refractivity contribution in [2.75, 3.05) is 13.2 Å². The van der Waals surface area contributed by atoms with Crippen LogP contribution in [0.3, 0.4) is 0 Å². The van der Waals surface area contributed by atoms with Crippen molar-refractivity contribution in [3.63, 3.8) is 0 Å². The van der Waals surface area contributed by atoms with E-state index in [0.717, 1.165) is 55.7 Å². The first-order valence-corrected chi connectivity index (χ1v) is 13.6. The summed E-state index contributed by atoms with van der Waals surface area (Å²) in [6.07, 6.45) is 5.01. The van der Waals surface area contributed by atoms with Gasteiger partial charge in [-0.25, -0.2) is 4.98 Å². The van der Waals surface area contributed by atoms with Crippen LogP contribution in [0.25, 0.3) is 11.0 Å². The maximum absolute atomic E-state index is 12.2. The van der Waals surface area contributed by atoms with E-state index in [2.05, 4.69) is 78.3 Å². The molecule has 194 valence electrons. The van der Waals surface area contributed by atoms with Crippen molar-refractivity contribution in [3.05, 3.63) is 95.8 Å². The number of amides is 1. The van der Waals surface area contributed by atoms with Crippen molar-refractivity contribution in [2.24, 2.45) is 0 Å². The molecule has 1 aromatic heterocycles.